The molecule has 4 heteroatoms. The maximum Gasteiger partial charge on any atom is 0.0471 e. The van der Waals surface area contributed by atoms with Crippen molar-refractivity contribution in [3.05, 3.63) is 28.8 Å². The van der Waals surface area contributed by atoms with Crippen molar-refractivity contribution in [2.24, 2.45) is 0 Å². The Bertz CT molecular complexity index is 440. The van der Waals surface area contributed by atoms with Crippen molar-refractivity contribution in [2.75, 3.05) is 18.0 Å². The number of hydrogen-bond donors (Lipinski definition) is 1. The van der Waals surface area contributed by atoms with Gasteiger partial charge < -0.3 is 10.2 Å². The Labute approximate surface area is 132 Å². The number of rotatable bonds is 4. The monoisotopic (exact) mass is 312 g/mol. The molecule has 0 saturated carbocycles. The first-order valence-electron chi connectivity index (χ1n) is 7.38. The van der Waals surface area contributed by atoms with Crippen LogP contribution in [0.5, 0.6) is 0 Å². The second-order valence-electron chi connectivity index (χ2n) is 5.97. The van der Waals surface area contributed by atoms with Gasteiger partial charge in [-0.3, -0.25) is 0 Å². The van der Waals surface area contributed by atoms with Crippen LogP contribution in [-0.4, -0.2) is 29.6 Å². The van der Waals surface area contributed by atoms with Gasteiger partial charge in [0.15, 0.2) is 0 Å². The molecule has 1 N–H and O–H groups in total. The summed E-state index contributed by atoms with van der Waals surface area (Å²) in [7, 11) is 0. The quantitative estimate of drug-likeness (QED) is 0.898. The lowest BCUT2D eigenvalue weighted by molar-refractivity contribution is 0.589. The fourth-order valence-corrected chi connectivity index (χ4v) is 4.15. The molecule has 2 rings (SSSR count). The summed E-state index contributed by atoms with van der Waals surface area (Å²) in [5, 5.41) is 5.64. The SMILES string of the molecule is CC(C)NCc1ccc(N2CC(C)SC(C)C2)cc1Cl. The Morgan fingerprint density at radius 2 is 1.95 bits per heavy atom. The highest BCUT2D eigenvalue weighted by Crippen LogP contribution is 2.30. The van der Waals surface area contributed by atoms with Gasteiger partial charge in [-0.05, 0) is 17.7 Å². The van der Waals surface area contributed by atoms with Crippen molar-refractivity contribution in [2.45, 2.75) is 50.8 Å². The second kappa shape index (κ2) is 7.06. The third-order valence-corrected chi connectivity index (χ3v) is 5.10. The summed E-state index contributed by atoms with van der Waals surface area (Å²) >= 11 is 8.51. The Hall–Kier alpha value is -0.380. The Kier molecular flexibility index (Phi) is 5.65. The number of nitrogens with one attached hydrogen (secondary N) is 1. The molecule has 0 aromatic heterocycles. The van der Waals surface area contributed by atoms with Crippen LogP contribution in [0.25, 0.3) is 0 Å². The third kappa shape index (κ3) is 4.31. The molecule has 0 radical (unpaired) electrons. The largest absolute Gasteiger partial charge is 0.369 e. The number of nitrogens with zero attached hydrogens (tertiary/aromatic N) is 1. The van der Waals surface area contributed by atoms with E-state index < -0.39 is 0 Å². The maximum atomic E-state index is 6.43. The molecule has 2 unspecified atom stereocenters. The van der Waals surface area contributed by atoms with E-state index in [0.717, 1.165) is 24.7 Å². The van der Waals surface area contributed by atoms with E-state index in [-0.39, 0.29) is 0 Å². The van der Waals surface area contributed by atoms with Crippen LogP contribution in [0.2, 0.25) is 5.02 Å². The van der Waals surface area contributed by atoms with E-state index in [9.17, 15) is 0 Å². The molecule has 112 valence electrons. The van der Waals surface area contributed by atoms with Gasteiger partial charge in [0.2, 0.25) is 0 Å². The number of benzene rings is 1. The van der Waals surface area contributed by atoms with Gasteiger partial charge >= 0.3 is 0 Å². The van der Waals surface area contributed by atoms with E-state index >= 15 is 0 Å². The Morgan fingerprint density at radius 3 is 2.50 bits per heavy atom. The van der Waals surface area contributed by atoms with Crippen molar-refractivity contribution in [1.82, 2.24) is 5.32 Å². The van der Waals surface area contributed by atoms with Crippen LogP contribution in [0.4, 0.5) is 5.69 Å². The van der Waals surface area contributed by atoms with Crippen LogP contribution in [0, 0.1) is 0 Å². The molecule has 1 aliphatic rings. The maximum absolute atomic E-state index is 6.43. The zero-order chi connectivity index (χ0) is 14.7. The molecular formula is C16H25ClN2S. The molecule has 1 fully saturated rings. The van der Waals surface area contributed by atoms with E-state index in [1.165, 1.54) is 11.3 Å². The highest BCUT2D eigenvalue weighted by Gasteiger charge is 2.22. The number of hydrogen-bond acceptors (Lipinski definition) is 3. The predicted octanol–water partition coefficient (Wildman–Crippen LogP) is 4.17. The van der Waals surface area contributed by atoms with Crippen LogP contribution in [0.1, 0.15) is 33.3 Å². The molecule has 2 nitrogen and oxygen atoms in total. The highest BCUT2D eigenvalue weighted by atomic mass is 35.5. The lowest BCUT2D eigenvalue weighted by atomic mass is 10.1. The van der Waals surface area contributed by atoms with Crippen LogP contribution < -0.4 is 10.2 Å². The van der Waals surface area contributed by atoms with Crippen LogP contribution >= 0.6 is 23.4 Å². The molecule has 0 bridgehead atoms. The summed E-state index contributed by atoms with van der Waals surface area (Å²) in [4.78, 5) is 2.46. The van der Waals surface area contributed by atoms with E-state index in [1.54, 1.807) is 0 Å². The summed E-state index contributed by atoms with van der Waals surface area (Å²) in [5.41, 5.74) is 2.43. The molecule has 0 spiro atoms. The lowest BCUT2D eigenvalue weighted by Crippen LogP contribution is -2.40. The molecule has 1 aliphatic heterocycles. The van der Waals surface area contributed by atoms with Gasteiger partial charge in [-0.25, -0.2) is 0 Å². The first-order valence-corrected chi connectivity index (χ1v) is 8.70. The Balaban J connectivity index is 2.08. The molecule has 1 heterocycles. The molecule has 1 saturated heterocycles. The first-order chi connectivity index (χ1) is 9.45. The third-order valence-electron chi connectivity index (χ3n) is 3.52. The smallest absolute Gasteiger partial charge is 0.0471 e. The lowest BCUT2D eigenvalue weighted by Gasteiger charge is -2.36. The molecule has 20 heavy (non-hydrogen) atoms. The van der Waals surface area contributed by atoms with E-state index in [4.69, 9.17) is 11.6 Å². The molecule has 0 amide bonds. The standard InChI is InChI=1S/C16H25ClN2S/c1-11(2)18-8-14-5-6-15(7-16(14)17)19-9-12(3)20-13(4)10-19/h5-7,11-13,18H,8-10H2,1-4H3. The van der Waals surface area contributed by atoms with Crippen molar-refractivity contribution in [1.29, 1.82) is 0 Å². The summed E-state index contributed by atoms with van der Waals surface area (Å²) < 4.78 is 0. The van der Waals surface area contributed by atoms with Gasteiger partial charge in [0, 0.05) is 46.9 Å². The fraction of sp³-hybridized carbons (Fsp3) is 0.625. The van der Waals surface area contributed by atoms with Gasteiger partial charge in [0.1, 0.15) is 0 Å². The van der Waals surface area contributed by atoms with Gasteiger partial charge in [-0.1, -0.05) is 45.4 Å². The number of thioether (sulfide) groups is 1. The number of anilines is 1. The van der Waals surface area contributed by atoms with Crippen molar-refractivity contribution >= 4 is 29.1 Å². The van der Waals surface area contributed by atoms with Crippen LogP contribution in [0.15, 0.2) is 18.2 Å². The van der Waals surface area contributed by atoms with Gasteiger partial charge in [-0.15, -0.1) is 0 Å². The average Bonchev–Trinajstić information content (AvgIpc) is 2.35. The van der Waals surface area contributed by atoms with E-state index in [2.05, 4.69) is 67.9 Å². The summed E-state index contributed by atoms with van der Waals surface area (Å²) in [6.45, 7) is 11.9. The zero-order valence-corrected chi connectivity index (χ0v) is 14.4. The van der Waals surface area contributed by atoms with Gasteiger partial charge in [0.05, 0.1) is 0 Å². The first kappa shape index (κ1) is 16.0. The fourth-order valence-electron chi connectivity index (χ4n) is 2.58. The molecule has 1 aromatic rings. The second-order valence-corrected chi connectivity index (χ2v) is 8.26. The Morgan fingerprint density at radius 1 is 1.30 bits per heavy atom. The van der Waals surface area contributed by atoms with Gasteiger partial charge in [-0.2, -0.15) is 11.8 Å². The van der Waals surface area contributed by atoms with E-state index in [1.807, 2.05) is 0 Å². The summed E-state index contributed by atoms with van der Waals surface area (Å²) in [6.07, 6.45) is 0. The molecule has 1 aromatic carbocycles. The normalized spacial score (nSPS) is 23.4. The summed E-state index contributed by atoms with van der Waals surface area (Å²) in [5.74, 6) is 0. The summed E-state index contributed by atoms with van der Waals surface area (Å²) in [6, 6.07) is 6.96. The average molecular weight is 313 g/mol. The molecule has 0 aliphatic carbocycles. The minimum Gasteiger partial charge on any atom is -0.369 e. The van der Waals surface area contributed by atoms with E-state index in [0.29, 0.717) is 16.5 Å². The topological polar surface area (TPSA) is 15.3 Å². The minimum absolute atomic E-state index is 0.478. The number of halogens is 1. The zero-order valence-electron chi connectivity index (χ0n) is 12.8. The van der Waals surface area contributed by atoms with Crippen LogP contribution in [0.3, 0.4) is 0 Å². The molecule has 2 atom stereocenters. The highest BCUT2D eigenvalue weighted by molar-refractivity contribution is 8.00. The van der Waals surface area contributed by atoms with Gasteiger partial charge in [0.25, 0.3) is 0 Å². The van der Waals surface area contributed by atoms with Crippen molar-refractivity contribution in [3.63, 3.8) is 0 Å². The minimum atomic E-state index is 0.478. The predicted molar refractivity (Wildman–Crippen MR) is 92.2 cm³/mol. The van der Waals surface area contributed by atoms with Crippen molar-refractivity contribution in [3.8, 4) is 0 Å². The van der Waals surface area contributed by atoms with Crippen LogP contribution in [-0.2, 0) is 6.54 Å². The molecular weight excluding hydrogens is 288 g/mol. The van der Waals surface area contributed by atoms with Crippen molar-refractivity contribution < 1.29 is 0 Å².